The van der Waals surface area contributed by atoms with Crippen LogP contribution in [0.3, 0.4) is 0 Å². The maximum absolute atomic E-state index is 5.24. The number of methoxy groups -OCH3 is 1. The average Bonchev–Trinajstić information content (AvgIpc) is 2.51. The number of nitrogens with one attached hydrogen (secondary N) is 2. The molecule has 0 heterocycles. The highest BCUT2D eigenvalue weighted by molar-refractivity contribution is 5.79. The van der Waals surface area contributed by atoms with E-state index < -0.39 is 0 Å². The first-order valence-electron chi connectivity index (χ1n) is 8.17. The third-order valence-electron chi connectivity index (χ3n) is 3.59. The number of benzene rings is 1. The number of guanidine groups is 1. The second-order valence-electron chi connectivity index (χ2n) is 5.94. The molecule has 0 radical (unpaired) electrons. The van der Waals surface area contributed by atoms with Crippen LogP contribution in [0, 0.1) is 5.92 Å². The van der Waals surface area contributed by atoms with E-state index in [9.17, 15) is 0 Å². The van der Waals surface area contributed by atoms with Crippen LogP contribution in [0.5, 0.6) is 0 Å². The van der Waals surface area contributed by atoms with Gasteiger partial charge in [-0.1, -0.05) is 51.0 Å². The number of rotatable bonds is 9. The Kier molecular flexibility index (Phi) is 9.31. The maximum atomic E-state index is 5.24. The summed E-state index contributed by atoms with van der Waals surface area (Å²) in [4.78, 5) is 4.27. The Morgan fingerprint density at radius 1 is 1.14 bits per heavy atom. The fraction of sp³-hybridized carbons (Fsp3) is 0.611. The second-order valence-corrected chi connectivity index (χ2v) is 5.94. The van der Waals surface area contributed by atoms with Gasteiger partial charge in [0.2, 0.25) is 0 Å². The van der Waals surface area contributed by atoms with Gasteiger partial charge in [-0.05, 0) is 23.5 Å². The van der Waals surface area contributed by atoms with Crippen molar-refractivity contribution in [3.63, 3.8) is 0 Å². The fourth-order valence-corrected chi connectivity index (χ4v) is 2.31. The van der Waals surface area contributed by atoms with Gasteiger partial charge in [-0.3, -0.25) is 4.99 Å². The van der Waals surface area contributed by atoms with Gasteiger partial charge < -0.3 is 15.4 Å². The number of hydrogen-bond donors (Lipinski definition) is 2. The second kappa shape index (κ2) is 11.1. The minimum absolute atomic E-state index is 0.638. The van der Waals surface area contributed by atoms with Crippen molar-refractivity contribution in [2.24, 2.45) is 10.9 Å². The van der Waals surface area contributed by atoms with E-state index in [0.717, 1.165) is 25.0 Å². The molecule has 1 aromatic carbocycles. The van der Waals surface area contributed by atoms with E-state index in [-0.39, 0.29) is 0 Å². The van der Waals surface area contributed by atoms with Crippen molar-refractivity contribution < 1.29 is 4.74 Å². The van der Waals surface area contributed by atoms with Gasteiger partial charge in [0.15, 0.2) is 5.96 Å². The standard InChI is InChI=1S/C18H31N3O/c1-15(2)9-7-8-12-20-18(19-3)21-13-16-10-5-6-11-17(16)14-22-4/h5-6,10-11,15H,7-9,12-14H2,1-4H3,(H2,19,20,21). The summed E-state index contributed by atoms with van der Waals surface area (Å²) in [5.41, 5.74) is 2.46. The van der Waals surface area contributed by atoms with E-state index in [2.05, 4.69) is 47.7 Å². The molecule has 0 saturated heterocycles. The monoisotopic (exact) mass is 305 g/mol. The number of unbranched alkanes of at least 4 members (excludes halogenated alkanes) is 1. The smallest absolute Gasteiger partial charge is 0.191 e. The molecule has 1 aromatic rings. The van der Waals surface area contributed by atoms with Crippen LogP contribution < -0.4 is 10.6 Å². The quantitative estimate of drug-likeness (QED) is 0.418. The van der Waals surface area contributed by atoms with Crippen molar-refractivity contribution in [3.8, 4) is 0 Å². The Balaban J connectivity index is 2.35. The van der Waals surface area contributed by atoms with Crippen LogP contribution in [-0.2, 0) is 17.9 Å². The summed E-state index contributed by atoms with van der Waals surface area (Å²) in [5.74, 6) is 1.64. The van der Waals surface area contributed by atoms with Crippen LogP contribution in [0.2, 0.25) is 0 Å². The molecule has 0 fully saturated rings. The van der Waals surface area contributed by atoms with Gasteiger partial charge >= 0.3 is 0 Å². The number of ether oxygens (including phenoxy) is 1. The SMILES string of the molecule is CN=C(NCCCCC(C)C)NCc1ccccc1COC. The first kappa shape index (κ1) is 18.5. The van der Waals surface area contributed by atoms with Crippen LogP contribution in [0.1, 0.15) is 44.2 Å². The third kappa shape index (κ3) is 7.46. The Bertz CT molecular complexity index is 444. The number of aliphatic imine (C=N–C) groups is 1. The molecule has 0 saturated carbocycles. The van der Waals surface area contributed by atoms with Gasteiger partial charge in [-0.15, -0.1) is 0 Å². The van der Waals surface area contributed by atoms with Crippen LogP contribution in [0.25, 0.3) is 0 Å². The summed E-state index contributed by atoms with van der Waals surface area (Å²) >= 11 is 0. The molecule has 1 rings (SSSR count). The van der Waals surface area contributed by atoms with Crippen LogP contribution in [0.4, 0.5) is 0 Å². The van der Waals surface area contributed by atoms with Crippen molar-refractivity contribution in [2.45, 2.75) is 46.3 Å². The van der Waals surface area contributed by atoms with Crippen molar-refractivity contribution >= 4 is 5.96 Å². The van der Waals surface area contributed by atoms with Crippen molar-refractivity contribution in [2.75, 3.05) is 20.7 Å². The third-order valence-corrected chi connectivity index (χ3v) is 3.59. The lowest BCUT2D eigenvalue weighted by Gasteiger charge is -2.14. The fourth-order valence-electron chi connectivity index (χ4n) is 2.31. The van der Waals surface area contributed by atoms with Gasteiger partial charge in [0.05, 0.1) is 6.61 Å². The topological polar surface area (TPSA) is 45.7 Å². The van der Waals surface area contributed by atoms with Crippen LogP contribution >= 0.6 is 0 Å². The predicted octanol–water partition coefficient (Wildman–Crippen LogP) is 3.32. The summed E-state index contributed by atoms with van der Waals surface area (Å²) in [6, 6.07) is 8.32. The zero-order valence-corrected chi connectivity index (χ0v) is 14.5. The average molecular weight is 305 g/mol. The molecular formula is C18H31N3O. The largest absolute Gasteiger partial charge is 0.380 e. The summed E-state index contributed by atoms with van der Waals surface area (Å²) in [6.07, 6.45) is 3.73. The lowest BCUT2D eigenvalue weighted by atomic mass is 10.1. The van der Waals surface area contributed by atoms with E-state index in [1.807, 2.05) is 13.1 Å². The predicted molar refractivity (Wildman–Crippen MR) is 94.0 cm³/mol. The Hall–Kier alpha value is -1.55. The number of nitrogens with zero attached hydrogens (tertiary/aromatic N) is 1. The molecule has 0 aliphatic heterocycles. The van der Waals surface area contributed by atoms with Crippen LogP contribution in [0.15, 0.2) is 29.3 Å². The minimum atomic E-state index is 0.638. The molecular weight excluding hydrogens is 274 g/mol. The summed E-state index contributed by atoms with van der Waals surface area (Å²) in [5, 5.41) is 6.74. The van der Waals surface area contributed by atoms with Crippen molar-refractivity contribution in [1.82, 2.24) is 10.6 Å². The van der Waals surface area contributed by atoms with E-state index >= 15 is 0 Å². The van der Waals surface area contributed by atoms with Crippen molar-refractivity contribution in [3.05, 3.63) is 35.4 Å². The van der Waals surface area contributed by atoms with Crippen molar-refractivity contribution in [1.29, 1.82) is 0 Å². The molecule has 2 N–H and O–H groups in total. The van der Waals surface area contributed by atoms with E-state index in [4.69, 9.17) is 4.74 Å². The first-order valence-corrected chi connectivity index (χ1v) is 8.17. The summed E-state index contributed by atoms with van der Waals surface area (Å²) < 4.78 is 5.24. The molecule has 0 spiro atoms. The highest BCUT2D eigenvalue weighted by Gasteiger charge is 2.03. The van der Waals surface area contributed by atoms with Crippen LogP contribution in [-0.4, -0.2) is 26.7 Å². The molecule has 0 aliphatic rings. The molecule has 0 aliphatic carbocycles. The van der Waals surface area contributed by atoms with Gasteiger partial charge in [-0.2, -0.15) is 0 Å². The summed E-state index contributed by atoms with van der Waals surface area (Å²) in [7, 11) is 3.53. The van der Waals surface area contributed by atoms with Gasteiger partial charge in [0.25, 0.3) is 0 Å². The molecule has 0 unspecified atom stereocenters. The molecule has 4 heteroatoms. The molecule has 0 bridgehead atoms. The normalized spacial score (nSPS) is 11.8. The maximum Gasteiger partial charge on any atom is 0.191 e. The van der Waals surface area contributed by atoms with E-state index in [1.165, 1.54) is 30.4 Å². The molecule has 22 heavy (non-hydrogen) atoms. The zero-order valence-electron chi connectivity index (χ0n) is 14.5. The molecule has 0 amide bonds. The molecule has 0 aromatic heterocycles. The summed E-state index contributed by atoms with van der Waals surface area (Å²) in [6.45, 7) is 6.90. The molecule has 4 nitrogen and oxygen atoms in total. The highest BCUT2D eigenvalue weighted by Crippen LogP contribution is 2.09. The van der Waals surface area contributed by atoms with Gasteiger partial charge in [-0.25, -0.2) is 0 Å². The van der Waals surface area contributed by atoms with Gasteiger partial charge in [0, 0.05) is 27.2 Å². The van der Waals surface area contributed by atoms with Gasteiger partial charge in [0.1, 0.15) is 0 Å². The number of hydrogen-bond acceptors (Lipinski definition) is 2. The molecule has 0 atom stereocenters. The Morgan fingerprint density at radius 3 is 2.50 bits per heavy atom. The van der Waals surface area contributed by atoms with E-state index in [0.29, 0.717) is 6.61 Å². The lowest BCUT2D eigenvalue weighted by molar-refractivity contribution is 0.184. The first-order chi connectivity index (χ1) is 10.7. The minimum Gasteiger partial charge on any atom is -0.380 e. The lowest BCUT2D eigenvalue weighted by Crippen LogP contribution is -2.37. The molecule has 124 valence electrons. The zero-order chi connectivity index (χ0) is 16.2. The Labute approximate surface area is 135 Å². The Morgan fingerprint density at radius 2 is 1.86 bits per heavy atom. The highest BCUT2D eigenvalue weighted by atomic mass is 16.5. The van der Waals surface area contributed by atoms with E-state index in [1.54, 1.807) is 7.11 Å².